The molecule has 0 saturated carbocycles. The minimum Gasteiger partial charge on any atom is -0.491 e. The van der Waals surface area contributed by atoms with E-state index in [4.69, 9.17) is 9.47 Å². The van der Waals surface area contributed by atoms with Crippen LogP contribution >= 0.6 is 0 Å². The summed E-state index contributed by atoms with van der Waals surface area (Å²) in [7, 11) is -1.36. The van der Waals surface area contributed by atoms with Crippen molar-refractivity contribution in [2.75, 3.05) is 18.6 Å². The quantitative estimate of drug-likeness (QED) is 0.481. The van der Waals surface area contributed by atoms with Crippen molar-refractivity contribution in [3.05, 3.63) is 82.8 Å². The lowest BCUT2D eigenvalue weighted by Gasteiger charge is -2.32. The molecule has 1 spiro atoms. The molecule has 2 aromatic carbocycles. The molecule has 194 valence electrons. The molecule has 0 bridgehead atoms. The number of methoxy groups -OCH3 is 1. The molecule has 2 N–H and O–H groups in total. The first kappa shape index (κ1) is 25.4. The zero-order chi connectivity index (χ0) is 26.5. The molecule has 2 aliphatic heterocycles. The van der Waals surface area contributed by atoms with Crippen LogP contribution in [0.2, 0.25) is 18.6 Å². The second-order valence-electron chi connectivity index (χ2n) is 10.3. The molecule has 2 aliphatic rings. The number of aliphatic hydroxyl groups is 1. The number of carbonyl (C=O) groups excluding carboxylic acids is 1. The predicted octanol–water partition coefficient (Wildman–Crippen LogP) is 3.70. The van der Waals surface area contributed by atoms with Crippen molar-refractivity contribution in [3.63, 3.8) is 0 Å². The number of nitrogens with zero attached hydrogens (tertiary/aromatic N) is 2. The Morgan fingerprint density at radius 1 is 1.05 bits per heavy atom. The number of rotatable bonds is 6. The van der Waals surface area contributed by atoms with Crippen molar-refractivity contribution in [2.45, 2.75) is 43.7 Å². The van der Waals surface area contributed by atoms with Gasteiger partial charge in [0.25, 0.3) is 11.5 Å². The molecule has 0 aliphatic carbocycles. The summed E-state index contributed by atoms with van der Waals surface area (Å²) in [5, 5.41) is 9.80. The number of amides is 1. The maximum atomic E-state index is 14.4. The van der Waals surface area contributed by atoms with Crippen LogP contribution in [-0.2, 0) is 15.1 Å². The standard InChI is InChI=1S/C28H32N2O6Si/c1-18-25(37(3,4)34)23(14-16-31)36-28(18)21-17-20(29-15-8-11-24(35-2)26(29)32)12-13-22(21)30(27(28)33)19-9-6-5-7-10-19/h5-13,15,17-18,23,25,31,34H,14,16H2,1-4H3/t18-,23+,25-,28+/m1/s1. The van der Waals surface area contributed by atoms with Crippen molar-refractivity contribution in [1.82, 2.24) is 4.57 Å². The number of fused-ring (bicyclic) bond motifs is 2. The predicted molar refractivity (Wildman–Crippen MR) is 143 cm³/mol. The van der Waals surface area contributed by atoms with Gasteiger partial charge in [-0.15, -0.1) is 0 Å². The monoisotopic (exact) mass is 520 g/mol. The van der Waals surface area contributed by atoms with Gasteiger partial charge in [0, 0.05) is 41.2 Å². The molecule has 4 atom stereocenters. The maximum Gasteiger partial charge on any atom is 0.297 e. The molecule has 0 unspecified atom stereocenters. The Bertz CT molecular complexity index is 1390. The minimum atomic E-state index is -2.81. The number of anilines is 2. The normalized spacial score (nSPS) is 25.1. The van der Waals surface area contributed by atoms with Crippen LogP contribution < -0.4 is 15.2 Å². The molecule has 5 rings (SSSR count). The summed E-state index contributed by atoms with van der Waals surface area (Å²) < 4.78 is 13.4. The van der Waals surface area contributed by atoms with E-state index in [1.807, 2.05) is 62.5 Å². The summed E-state index contributed by atoms with van der Waals surface area (Å²) in [5.41, 5.74) is 0.618. The van der Waals surface area contributed by atoms with Crippen LogP contribution in [0.5, 0.6) is 5.75 Å². The molecule has 0 radical (unpaired) electrons. The van der Waals surface area contributed by atoms with Crippen molar-refractivity contribution in [1.29, 1.82) is 0 Å². The highest BCUT2D eigenvalue weighted by atomic mass is 28.4. The highest BCUT2D eigenvalue weighted by molar-refractivity contribution is 6.71. The molecule has 8 nitrogen and oxygen atoms in total. The summed E-state index contributed by atoms with van der Waals surface area (Å²) in [6.45, 7) is 5.54. The Morgan fingerprint density at radius 2 is 1.78 bits per heavy atom. The fourth-order valence-corrected chi connectivity index (χ4v) is 8.81. The lowest BCUT2D eigenvalue weighted by Crippen LogP contribution is -2.45. The van der Waals surface area contributed by atoms with E-state index in [1.54, 1.807) is 29.3 Å². The van der Waals surface area contributed by atoms with E-state index in [1.165, 1.54) is 11.7 Å². The van der Waals surface area contributed by atoms with Crippen molar-refractivity contribution in [3.8, 4) is 11.4 Å². The van der Waals surface area contributed by atoms with Gasteiger partial charge >= 0.3 is 0 Å². The molecule has 1 aromatic heterocycles. The second kappa shape index (κ2) is 9.25. The first-order valence-electron chi connectivity index (χ1n) is 12.5. The van der Waals surface area contributed by atoms with Gasteiger partial charge in [0.1, 0.15) is 0 Å². The van der Waals surface area contributed by atoms with Crippen molar-refractivity contribution >= 4 is 25.6 Å². The van der Waals surface area contributed by atoms with Crippen molar-refractivity contribution in [2.24, 2.45) is 5.92 Å². The van der Waals surface area contributed by atoms with E-state index in [0.29, 0.717) is 29.0 Å². The van der Waals surface area contributed by atoms with E-state index >= 15 is 0 Å². The molecule has 1 amide bonds. The van der Waals surface area contributed by atoms with Gasteiger partial charge in [0.15, 0.2) is 19.7 Å². The van der Waals surface area contributed by atoms with Crippen LogP contribution in [0.3, 0.4) is 0 Å². The van der Waals surface area contributed by atoms with Gasteiger partial charge in [-0.3, -0.25) is 19.1 Å². The van der Waals surface area contributed by atoms with Crippen molar-refractivity contribution < 1.29 is 24.2 Å². The van der Waals surface area contributed by atoms with Crippen LogP contribution in [0, 0.1) is 5.92 Å². The average Bonchev–Trinajstić information content (AvgIpc) is 3.31. The molecule has 3 aromatic rings. The molecule has 9 heteroatoms. The summed E-state index contributed by atoms with van der Waals surface area (Å²) in [5.74, 6) is -0.394. The van der Waals surface area contributed by atoms with Crippen LogP contribution in [-0.4, -0.2) is 48.5 Å². The Balaban J connectivity index is 1.75. The smallest absolute Gasteiger partial charge is 0.297 e. The molecular formula is C28H32N2O6Si. The number of hydrogen-bond acceptors (Lipinski definition) is 6. The highest BCUT2D eigenvalue weighted by Gasteiger charge is 2.66. The summed E-state index contributed by atoms with van der Waals surface area (Å²) in [6, 6.07) is 18.2. The molecule has 37 heavy (non-hydrogen) atoms. The van der Waals surface area contributed by atoms with Gasteiger partial charge < -0.3 is 19.4 Å². The van der Waals surface area contributed by atoms with Gasteiger partial charge in [0.05, 0.1) is 18.9 Å². The topological polar surface area (TPSA) is 101 Å². The van der Waals surface area contributed by atoms with E-state index < -0.39 is 20.0 Å². The number of carbonyl (C=O) groups is 1. The molecular weight excluding hydrogens is 488 g/mol. The average molecular weight is 521 g/mol. The van der Waals surface area contributed by atoms with Gasteiger partial charge in [-0.2, -0.15) is 0 Å². The third kappa shape index (κ3) is 3.85. The number of aliphatic hydroxyl groups excluding tert-OH is 1. The number of hydrogen-bond donors (Lipinski definition) is 2. The highest BCUT2D eigenvalue weighted by Crippen LogP contribution is 2.60. The first-order valence-corrected chi connectivity index (χ1v) is 15.5. The Morgan fingerprint density at radius 3 is 2.43 bits per heavy atom. The minimum absolute atomic E-state index is 0.114. The van der Waals surface area contributed by atoms with Gasteiger partial charge in [-0.1, -0.05) is 25.1 Å². The lowest BCUT2D eigenvalue weighted by atomic mass is 9.82. The van der Waals surface area contributed by atoms with Gasteiger partial charge in [-0.25, -0.2) is 0 Å². The zero-order valence-corrected chi connectivity index (χ0v) is 22.4. The number of pyridine rings is 1. The lowest BCUT2D eigenvalue weighted by molar-refractivity contribution is -0.145. The maximum absolute atomic E-state index is 14.4. The number of ether oxygens (including phenoxy) is 2. The number of benzene rings is 2. The SMILES string of the molecule is COc1cccn(-c2ccc3c(c2)[C@]2(O[C@@H](CCO)[C@H]([Si](C)(C)O)[C@H]2C)C(=O)N3c2ccccc2)c1=O. The number of para-hydroxylation sites is 1. The van der Waals surface area contributed by atoms with E-state index in [-0.39, 0.29) is 35.3 Å². The first-order chi connectivity index (χ1) is 17.6. The molecule has 1 fully saturated rings. The molecule has 3 heterocycles. The summed E-state index contributed by atoms with van der Waals surface area (Å²) in [4.78, 5) is 40.4. The van der Waals surface area contributed by atoms with E-state index in [0.717, 1.165) is 0 Å². The van der Waals surface area contributed by atoms with Gasteiger partial charge in [-0.05, 0) is 62.0 Å². The Labute approximate surface area is 216 Å². The van der Waals surface area contributed by atoms with E-state index in [2.05, 4.69) is 0 Å². The largest absolute Gasteiger partial charge is 0.491 e. The third-order valence-electron chi connectivity index (χ3n) is 7.71. The Kier molecular flexibility index (Phi) is 6.35. The number of aromatic nitrogens is 1. The second-order valence-corrected chi connectivity index (χ2v) is 14.3. The summed E-state index contributed by atoms with van der Waals surface area (Å²) in [6.07, 6.45) is 1.49. The fraction of sp³-hybridized carbons (Fsp3) is 0.357. The van der Waals surface area contributed by atoms with Gasteiger partial charge in [0.2, 0.25) is 0 Å². The molecule has 1 saturated heterocycles. The van der Waals surface area contributed by atoms with E-state index in [9.17, 15) is 19.5 Å². The summed E-state index contributed by atoms with van der Waals surface area (Å²) >= 11 is 0. The fourth-order valence-electron chi connectivity index (χ4n) is 6.20. The van der Waals surface area contributed by atoms with Crippen LogP contribution in [0.15, 0.2) is 71.7 Å². The van der Waals surface area contributed by atoms with Crippen LogP contribution in [0.4, 0.5) is 11.4 Å². The van der Waals surface area contributed by atoms with Crippen LogP contribution in [0.1, 0.15) is 18.9 Å². The van der Waals surface area contributed by atoms with Crippen LogP contribution in [0.25, 0.3) is 5.69 Å². The third-order valence-corrected chi connectivity index (χ3v) is 10.2. The zero-order valence-electron chi connectivity index (χ0n) is 21.4. The Hall–Kier alpha value is -3.24.